The highest BCUT2D eigenvalue weighted by atomic mass is 19.1. The Morgan fingerprint density at radius 3 is 2.44 bits per heavy atom. The molecule has 0 aliphatic carbocycles. The molecule has 98 valence electrons. The average molecular weight is 253 g/mol. The molecule has 0 aromatic heterocycles. The number of nitrogens with zero attached hydrogens (tertiary/aromatic N) is 3. The van der Waals surface area contributed by atoms with Crippen molar-refractivity contribution in [2.45, 2.75) is 6.92 Å². The van der Waals surface area contributed by atoms with Crippen LogP contribution in [0.2, 0.25) is 0 Å². The number of anilines is 1. The van der Waals surface area contributed by atoms with Crippen LogP contribution in [0.4, 0.5) is 15.8 Å². The van der Waals surface area contributed by atoms with Gasteiger partial charge in [-0.2, -0.15) is 0 Å². The summed E-state index contributed by atoms with van der Waals surface area (Å²) in [6.45, 7) is 4.86. The summed E-state index contributed by atoms with van der Waals surface area (Å²) in [6.07, 6.45) is 0. The van der Waals surface area contributed by atoms with Crippen LogP contribution in [-0.4, -0.2) is 43.0 Å². The Morgan fingerprint density at radius 2 is 1.89 bits per heavy atom. The highest BCUT2D eigenvalue weighted by Gasteiger charge is 2.21. The van der Waals surface area contributed by atoms with Gasteiger partial charge in [0.15, 0.2) is 5.82 Å². The van der Waals surface area contributed by atoms with Gasteiger partial charge in [0.2, 0.25) is 0 Å². The van der Waals surface area contributed by atoms with Crippen LogP contribution in [0.5, 0.6) is 0 Å². The van der Waals surface area contributed by atoms with Crippen LogP contribution in [0.15, 0.2) is 12.1 Å². The van der Waals surface area contributed by atoms with Gasteiger partial charge in [-0.3, -0.25) is 10.1 Å². The number of rotatable bonds is 2. The maximum Gasteiger partial charge on any atom is 0.275 e. The van der Waals surface area contributed by atoms with E-state index in [1.165, 1.54) is 0 Å². The van der Waals surface area contributed by atoms with Crippen molar-refractivity contribution in [3.8, 4) is 0 Å². The lowest BCUT2D eigenvalue weighted by Gasteiger charge is -2.34. The quantitative estimate of drug-likeness (QED) is 0.595. The van der Waals surface area contributed by atoms with Crippen molar-refractivity contribution in [2.75, 3.05) is 38.1 Å². The van der Waals surface area contributed by atoms with Crippen molar-refractivity contribution < 1.29 is 9.31 Å². The Hall–Kier alpha value is -1.69. The molecule has 6 heteroatoms. The van der Waals surface area contributed by atoms with E-state index in [0.29, 0.717) is 11.3 Å². The summed E-state index contributed by atoms with van der Waals surface area (Å²) >= 11 is 0. The number of hydrogen-bond acceptors (Lipinski definition) is 4. The number of halogens is 1. The minimum Gasteiger partial charge on any atom is -0.367 e. The minimum atomic E-state index is -0.549. The standard InChI is InChI=1S/C12H16FN3O2/c1-9-7-12(10(13)8-11(9)16(17)18)15-5-3-14(2)4-6-15/h7-8H,3-6H2,1-2H3. The van der Waals surface area contributed by atoms with Gasteiger partial charge in [0.25, 0.3) is 5.69 Å². The number of nitro benzene ring substituents is 1. The van der Waals surface area contributed by atoms with E-state index in [-0.39, 0.29) is 5.69 Å². The molecule has 0 atom stereocenters. The number of benzene rings is 1. The Kier molecular flexibility index (Phi) is 3.47. The number of piperazine rings is 1. The second-order valence-corrected chi connectivity index (χ2v) is 4.64. The molecule has 1 fully saturated rings. The molecule has 0 bridgehead atoms. The summed E-state index contributed by atoms with van der Waals surface area (Å²) < 4.78 is 13.9. The maximum absolute atomic E-state index is 13.9. The summed E-state index contributed by atoms with van der Waals surface area (Å²) in [5, 5.41) is 10.7. The molecular weight excluding hydrogens is 237 g/mol. The molecular formula is C12H16FN3O2. The smallest absolute Gasteiger partial charge is 0.275 e. The predicted molar refractivity (Wildman–Crippen MR) is 67.5 cm³/mol. The second kappa shape index (κ2) is 4.89. The first-order valence-electron chi connectivity index (χ1n) is 5.87. The largest absolute Gasteiger partial charge is 0.367 e. The molecule has 5 nitrogen and oxygen atoms in total. The summed E-state index contributed by atoms with van der Waals surface area (Å²) in [5.41, 5.74) is 0.798. The van der Waals surface area contributed by atoms with Crippen LogP contribution in [0.25, 0.3) is 0 Å². The van der Waals surface area contributed by atoms with Crippen molar-refractivity contribution in [1.29, 1.82) is 0 Å². The van der Waals surface area contributed by atoms with Crippen LogP contribution in [0, 0.1) is 22.9 Å². The third kappa shape index (κ3) is 2.43. The molecule has 0 amide bonds. The second-order valence-electron chi connectivity index (χ2n) is 4.64. The van der Waals surface area contributed by atoms with E-state index in [1.807, 2.05) is 11.9 Å². The van der Waals surface area contributed by atoms with Gasteiger partial charge in [0.05, 0.1) is 16.7 Å². The van der Waals surface area contributed by atoms with Crippen LogP contribution in [-0.2, 0) is 0 Å². The molecule has 18 heavy (non-hydrogen) atoms. The maximum atomic E-state index is 13.9. The minimum absolute atomic E-state index is 0.162. The van der Waals surface area contributed by atoms with E-state index in [2.05, 4.69) is 4.90 Å². The Morgan fingerprint density at radius 1 is 1.28 bits per heavy atom. The Balaban J connectivity index is 2.29. The highest BCUT2D eigenvalue weighted by molar-refractivity contribution is 5.56. The topological polar surface area (TPSA) is 49.6 Å². The molecule has 1 aromatic rings. The van der Waals surface area contributed by atoms with Crippen molar-refractivity contribution in [2.24, 2.45) is 0 Å². The highest BCUT2D eigenvalue weighted by Crippen LogP contribution is 2.28. The van der Waals surface area contributed by atoms with Gasteiger partial charge in [0.1, 0.15) is 0 Å². The van der Waals surface area contributed by atoms with Gasteiger partial charge >= 0.3 is 0 Å². The molecule has 1 aromatic carbocycles. The Bertz CT molecular complexity index is 471. The first kappa shape index (κ1) is 12.8. The number of hydrogen-bond donors (Lipinski definition) is 0. The Labute approximate surface area is 105 Å². The van der Waals surface area contributed by atoms with Crippen molar-refractivity contribution in [1.82, 2.24) is 4.90 Å². The first-order valence-corrected chi connectivity index (χ1v) is 5.87. The van der Waals surface area contributed by atoms with E-state index < -0.39 is 10.7 Å². The predicted octanol–water partition coefficient (Wildman–Crippen LogP) is 1.79. The van der Waals surface area contributed by atoms with Crippen LogP contribution >= 0.6 is 0 Å². The van der Waals surface area contributed by atoms with E-state index in [1.54, 1.807) is 13.0 Å². The van der Waals surface area contributed by atoms with Gasteiger partial charge in [0, 0.05) is 31.7 Å². The van der Waals surface area contributed by atoms with Crippen LogP contribution in [0.1, 0.15) is 5.56 Å². The number of nitro groups is 1. The number of likely N-dealkylation sites (N-methyl/N-ethyl adjacent to an activating group) is 1. The monoisotopic (exact) mass is 253 g/mol. The van der Waals surface area contributed by atoms with Crippen molar-refractivity contribution >= 4 is 11.4 Å². The van der Waals surface area contributed by atoms with Gasteiger partial charge in [-0.05, 0) is 20.0 Å². The van der Waals surface area contributed by atoms with E-state index in [9.17, 15) is 14.5 Å². The molecule has 2 rings (SSSR count). The summed E-state index contributed by atoms with van der Waals surface area (Å²) in [4.78, 5) is 14.3. The third-order valence-corrected chi connectivity index (χ3v) is 3.31. The average Bonchev–Trinajstić information content (AvgIpc) is 2.32. The van der Waals surface area contributed by atoms with Crippen LogP contribution < -0.4 is 4.90 Å². The van der Waals surface area contributed by atoms with Gasteiger partial charge < -0.3 is 9.80 Å². The molecule has 0 saturated carbocycles. The lowest BCUT2D eigenvalue weighted by molar-refractivity contribution is -0.385. The SMILES string of the molecule is Cc1cc(N2CCN(C)CC2)c(F)cc1[N+](=O)[O-]. The fourth-order valence-electron chi connectivity index (χ4n) is 2.14. The molecule has 1 aliphatic heterocycles. The summed E-state index contributed by atoms with van der Waals surface area (Å²) in [6, 6.07) is 2.59. The number of aryl methyl sites for hydroxylation is 1. The zero-order valence-electron chi connectivity index (χ0n) is 10.5. The fraction of sp³-hybridized carbons (Fsp3) is 0.500. The molecule has 1 saturated heterocycles. The third-order valence-electron chi connectivity index (χ3n) is 3.31. The first-order chi connectivity index (χ1) is 8.49. The molecule has 0 N–H and O–H groups in total. The van der Waals surface area contributed by atoms with E-state index in [0.717, 1.165) is 32.2 Å². The molecule has 0 spiro atoms. The van der Waals surface area contributed by atoms with Crippen molar-refractivity contribution in [3.63, 3.8) is 0 Å². The normalized spacial score (nSPS) is 16.9. The van der Waals surface area contributed by atoms with E-state index in [4.69, 9.17) is 0 Å². The van der Waals surface area contributed by atoms with Crippen molar-refractivity contribution in [3.05, 3.63) is 33.6 Å². The lowest BCUT2D eigenvalue weighted by Crippen LogP contribution is -2.44. The molecule has 1 aliphatic rings. The van der Waals surface area contributed by atoms with E-state index >= 15 is 0 Å². The zero-order chi connectivity index (χ0) is 13.3. The van der Waals surface area contributed by atoms with Gasteiger partial charge in [-0.15, -0.1) is 0 Å². The molecule has 1 heterocycles. The van der Waals surface area contributed by atoms with Gasteiger partial charge in [-0.1, -0.05) is 0 Å². The fourth-order valence-corrected chi connectivity index (χ4v) is 2.14. The van der Waals surface area contributed by atoms with Gasteiger partial charge in [-0.25, -0.2) is 4.39 Å². The molecule has 0 unspecified atom stereocenters. The summed E-state index contributed by atoms with van der Waals surface area (Å²) in [5.74, 6) is -0.517. The summed E-state index contributed by atoms with van der Waals surface area (Å²) in [7, 11) is 2.02. The zero-order valence-corrected chi connectivity index (χ0v) is 10.5. The van der Waals surface area contributed by atoms with Crippen LogP contribution in [0.3, 0.4) is 0 Å². The lowest BCUT2D eigenvalue weighted by atomic mass is 10.1. The molecule has 0 radical (unpaired) electrons.